The fourth-order valence-electron chi connectivity index (χ4n) is 8.74. The number of methoxy groups -OCH3 is 1. The number of carbonyl (C=O) groups excluding carboxylic acids is 3. The van der Waals surface area contributed by atoms with Crippen LogP contribution in [0.25, 0.3) is 22.3 Å². The van der Waals surface area contributed by atoms with Crippen LogP contribution in [0.1, 0.15) is 86.0 Å². The highest BCUT2D eigenvalue weighted by atomic mass is 35.5. The average molecular weight is 940 g/mol. The van der Waals surface area contributed by atoms with Crippen molar-refractivity contribution in [3.8, 4) is 22.9 Å². The SMILES string of the molecule is C=CC1C[C@]1(CC(=O)[C@@H]1C[C@@H](Oc2cc(-c3csc(NC(C)C)n3)nc3c(Cl)c(OC)ccc23)CN1C(=O)[C@@H](CC(=O)OC1CCCC1)C(C)(C)C)P(=O)(O)CCNCC(F)(F)F. The van der Waals surface area contributed by atoms with Gasteiger partial charge in [0.25, 0.3) is 0 Å². The van der Waals surface area contributed by atoms with Crippen LogP contribution in [0.3, 0.4) is 0 Å². The Bertz CT molecular complexity index is 2230. The van der Waals surface area contributed by atoms with E-state index >= 15 is 0 Å². The van der Waals surface area contributed by atoms with E-state index in [9.17, 15) is 37.0 Å². The van der Waals surface area contributed by atoms with Crippen LogP contribution in [-0.2, 0) is 23.7 Å². The molecule has 346 valence electrons. The molecular formula is C44H58ClF3N5O8PS. The van der Waals surface area contributed by atoms with E-state index in [0.717, 1.165) is 25.7 Å². The van der Waals surface area contributed by atoms with Crippen molar-refractivity contribution in [3.63, 3.8) is 0 Å². The number of aromatic nitrogens is 2. The number of allylic oxidation sites excluding steroid dienone is 1. The third-order valence-electron chi connectivity index (χ3n) is 12.3. The van der Waals surface area contributed by atoms with Gasteiger partial charge in [-0.15, -0.1) is 17.9 Å². The van der Waals surface area contributed by atoms with Crippen molar-refractivity contribution in [2.75, 3.05) is 38.2 Å². The van der Waals surface area contributed by atoms with Crippen LogP contribution < -0.4 is 20.1 Å². The number of hydrogen-bond acceptors (Lipinski definition) is 12. The number of esters is 1. The van der Waals surface area contributed by atoms with Crippen LogP contribution >= 0.6 is 30.3 Å². The third kappa shape index (κ3) is 11.4. The Morgan fingerprint density at radius 2 is 1.84 bits per heavy atom. The highest BCUT2D eigenvalue weighted by Crippen LogP contribution is 2.72. The lowest BCUT2D eigenvalue weighted by molar-refractivity contribution is -0.156. The second-order valence-corrected chi connectivity index (χ2v) is 22.3. The summed E-state index contributed by atoms with van der Waals surface area (Å²) < 4.78 is 70.7. The minimum absolute atomic E-state index is 0.00610. The number of likely N-dealkylation sites (tertiary alicyclic amines) is 1. The normalized spacial score (nSPS) is 23.1. The second kappa shape index (κ2) is 19.4. The Kier molecular flexibility index (Phi) is 15.0. The van der Waals surface area contributed by atoms with E-state index in [4.69, 9.17) is 35.8 Å². The second-order valence-electron chi connectivity index (χ2n) is 18.3. The van der Waals surface area contributed by atoms with Crippen molar-refractivity contribution in [3.05, 3.63) is 41.3 Å². The Labute approximate surface area is 375 Å². The monoisotopic (exact) mass is 939 g/mol. The van der Waals surface area contributed by atoms with Gasteiger partial charge in [-0.25, -0.2) is 9.97 Å². The van der Waals surface area contributed by atoms with Crippen LogP contribution in [0.15, 0.2) is 36.2 Å². The number of ether oxygens (including phenoxy) is 3. The van der Waals surface area contributed by atoms with E-state index < -0.39 is 91.4 Å². The highest BCUT2D eigenvalue weighted by molar-refractivity contribution is 7.60. The first-order valence-electron chi connectivity index (χ1n) is 21.4. The summed E-state index contributed by atoms with van der Waals surface area (Å²) in [7, 11) is -2.77. The largest absolute Gasteiger partial charge is 0.495 e. The number of amides is 1. The van der Waals surface area contributed by atoms with Gasteiger partial charge in [0.2, 0.25) is 13.3 Å². The molecular weight excluding hydrogens is 882 g/mol. The summed E-state index contributed by atoms with van der Waals surface area (Å²) in [6.07, 6.45) is -1.62. The number of Topliss-reactive ketones (excluding diaryl/α,β-unsaturated/α-hetero) is 1. The number of carbonyl (C=O) groups is 3. The van der Waals surface area contributed by atoms with Gasteiger partial charge < -0.3 is 34.6 Å². The van der Waals surface area contributed by atoms with Gasteiger partial charge in [0.05, 0.1) is 54.9 Å². The van der Waals surface area contributed by atoms with Gasteiger partial charge >= 0.3 is 12.1 Å². The zero-order valence-electron chi connectivity index (χ0n) is 36.6. The molecule has 6 rings (SSSR count). The molecule has 3 heterocycles. The molecule has 19 heteroatoms. The fraction of sp³-hybridized carbons (Fsp3) is 0.614. The number of anilines is 1. The zero-order valence-corrected chi connectivity index (χ0v) is 39.0. The van der Waals surface area contributed by atoms with E-state index in [1.165, 1.54) is 29.4 Å². The number of nitrogens with one attached hydrogen (secondary N) is 2. The number of pyridine rings is 1. The van der Waals surface area contributed by atoms with E-state index in [-0.39, 0.29) is 43.0 Å². The first-order valence-corrected chi connectivity index (χ1v) is 24.5. The van der Waals surface area contributed by atoms with Gasteiger partial charge in [-0.3, -0.25) is 18.9 Å². The summed E-state index contributed by atoms with van der Waals surface area (Å²) in [4.78, 5) is 65.4. The molecule has 1 saturated heterocycles. The number of alkyl halides is 3. The van der Waals surface area contributed by atoms with Crippen LogP contribution in [-0.4, -0.2) is 106 Å². The van der Waals surface area contributed by atoms with Gasteiger partial charge in [-0.05, 0) is 69.4 Å². The van der Waals surface area contributed by atoms with E-state index in [2.05, 4.69) is 17.2 Å². The number of nitrogens with zero attached hydrogens (tertiary/aromatic N) is 3. The van der Waals surface area contributed by atoms with Crippen LogP contribution in [0.4, 0.5) is 18.3 Å². The molecule has 2 unspecified atom stereocenters. The molecule has 2 aromatic heterocycles. The molecule has 0 bridgehead atoms. The summed E-state index contributed by atoms with van der Waals surface area (Å²) in [5.41, 5.74) is 0.617. The first kappa shape index (κ1) is 48.7. The maximum absolute atomic E-state index is 14.9. The summed E-state index contributed by atoms with van der Waals surface area (Å²) >= 11 is 8.24. The molecule has 1 amide bonds. The standard InChI is InChI=1S/C44H58ClF3N5O8PS/c1-8-26-20-43(26,62(57,58)16-15-49-24-44(46,47)48)21-34(54)33-17-28(22-53(33)40(56)30(42(4,5)6)18-37(55)61-27-11-9-10-12-27)60-36-19-31(32-23-63-41(52-32)50-25(2)3)51-39-29(36)13-14-35(59-7)38(39)45/h8,13-14,19,23,25-28,30,33,49H,1,9-12,15-18,20-22,24H2,2-7H3,(H,50,52)(H,57,58)/t26?,28-,30-,33+,43-/m1/s1. The Hall–Kier alpha value is -3.76. The predicted molar refractivity (Wildman–Crippen MR) is 238 cm³/mol. The molecule has 6 atom stereocenters. The molecule has 1 aromatic carbocycles. The van der Waals surface area contributed by atoms with E-state index in [0.29, 0.717) is 38.9 Å². The van der Waals surface area contributed by atoms with Gasteiger partial charge in [0, 0.05) is 48.4 Å². The summed E-state index contributed by atoms with van der Waals surface area (Å²) in [6.45, 7) is 11.5. The van der Waals surface area contributed by atoms with Gasteiger partial charge in [-0.1, -0.05) is 38.4 Å². The lowest BCUT2D eigenvalue weighted by atomic mass is 9.77. The molecule has 3 N–H and O–H groups in total. The Balaban J connectivity index is 1.34. The maximum Gasteiger partial charge on any atom is 0.401 e. The molecule has 3 aromatic rings. The number of halogens is 4. The first-order chi connectivity index (χ1) is 29.6. The minimum atomic E-state index is -4.51. The van der Waals surface area contributed by atoms with Crippen LogP contribution in [0, 0.1) is 17.3 Å². The van der Waals surface area contributed by atoms with E-state index in [1.807, 2.05) is 40.0 Å². The smallest absolute Gasteiger partial charge is 0.401 e. The molecule has 2 aliphatic carbocycles. The minimum Gasteiger partial charge on any atom is -0.495 e. The van der Waals surface area contributed by atoms with Crippen molar-refractivity contribution < 1.29 is 51.2 Å². The van der Waals surface area contributed by atoms with Gasteiger partial charge in [-0.2, -0.15) is 13.2 Å². The Morgan fingerprint density at radius 1 is 1.13 bits per heavy atom. The number of fused-ring (bicyclic) bond motifs is 1. The number of thiazole rings is 1. The maximum atomic E-state index is 14.9. The number of benzene rings is 1. The fourth-order valence-corrected chi connectivity index (χ4v) is 12.3. The number of ketones is 1. The van der Waals surface area contributed by atoms with Crippen molar-refractivity contribution in [2.45, 2.75) is 122 Å². The molecule has 3 aliphatic rings. The summed E-state index contributed by atoms with van der Waals surface area (Å²) in [5.74, 6) is -2.20. The third-order valence-corrected chi connectivity index (χ3v) is 16.3. The molecule has 3 fully saturated rings. The predicted octanol–water partition coefficient (Wildman–Crippen LogP) is 9.05. The van der Waals surface area contributed by atoms with Crippen molar-refractivity contribution in [1.82, 2.24) is 20.2 Å². The topological polar surface area (TPSA) is 169 Å². The zero-order chi connectivity index (χ0) is 46.1. The van der Waals surface area contributed by atoms with E-state index in [1.54, 1.807) is 18.2 Å². The number of hydrogen-bond donors (Lipinski definition) is 3. The lowest BCUT2D eigenvalue weighted by Gasteiger charge is -2.35. The molecule has 63 heavy (non-hydrogen) atoms. The van der Waals surface area contributed by atoms with Gasteiger partial charge in [0.1, 0.15) is 34.4 Å². The summed E-state index contributed by atoms with van der Waals surface area (Å²) in [6, 6.07) is 4.15. The summed E-state index contributed by atoms with van der Waals surface area (Å²) in [5, 5.41) is 7.31. The lowest BCUT2D eigenvalue weighted by Crippen LogP contribution is -2.48. The molecule has 1 aliphatic heterocycles. The van der Waals surface area contributed by atoms with Crippen molar-refractivity contribution >= 4 is 64.0 Å². The van der Waals surface area contributed by atoms with Crippen LogP contribution in [0.5, 0.6) is 11.5 Å². The molecule has 2 saturated carbocycles. The average Bonchev–Trinajstić information content (AvgIpc) is 3.60. The Morgan fingerprint density at radius 3 is 2.46 bits per heavy atom. The molecule has 0 spiro atoms. The van der Waals surface area contributed by atoms with Crippen molar-refractivity contribution in [2.24, 2.45) is 17.3 Å². The molecule has 13 nitrogen and oxygen atoms in total. The molecule has 0 radical (unpaired) electrons. The highest BCUT2D eigenvalue weighted by Gasteiger charge is 2.65. The quantitative estimate of drug-likeness (QED) is 0.0452. The van der Waals surface area contributed by atoms with Crippen LogP contribution in [0.2, 0.25) is 5.02 Å². The van der Waals surface area contributed by atoms with Crippen molar-refractivity contribution in [1.29, 1.82) is 0 Å². The number of rotatable bonds is 19. The van der Waals surface area contributed by atoms with Gasteiger partial charge in [0.15, 0.2) is 10.9 Å².